The molecule has 0 spiro atoms. The van der Waals surface area contributed by atoms with Gasteiger partial charge in [-0.3, -0.25) is 19.4 Å². The summed E-state index contributed by atoms with van der Waals surface area (Å²) in [6, 6.07) is 25.5. The molecule has 0 N–H and O–H groups in total. The highest BCUT2D eigenvalue weighted by Gasteiger charge is 2.58. The highest BCUT2D eigenvalue weighted by atomic mass is 16.2. The monoisotopic (exact) mass is 410 g/mol. The van der Waals surface area contributed by atoms with E-state index in [4.69, 9.17) is 0 Å². The Morgan fingerprint density at radius 1 is 0.710 bits per heavy atom. The Bertz CT molecular complexity index is 1080. The fraction of sp³-hybridized carbons (Fsp3) is 0.259. The second-order valence-electron chi connectivity index (χ2n) is 8.53. The highest BCUT2D eigenvalue weighted by molar-refractivity contribution is 6.32. The van der Waals surface area contributed by atoms with Gasteiger partial charge in [0.1, 0.15) is 0 Å². The Labute approximate surface area is 183 Å². The van der Waals surface area contributed by atoms with Gasteiger partial charge in [-0.15, -0.1) is 0 Å². The summed E-state index contributed by atoms with van der Waals surface area (Å²) in [6.07, 6.45) is 0. The van der Waals surface area contributed by atoms with Crippen LogP contribution in [-0.4, -0.2) is 47.5 Å². The van der Waals surface area contributed by atoms with Crippen LogP contribution in [0.15, 0.2) is 78.9 Å². The van der Waals surface area contributed by atoms with Gasteiger partial charge in [-0.25, -0.2) is 0 Å². The van der Waals surface area contributed by atoms with Crippen LogP contribution >= 0.6 is 0 Å². The Morgan fingerprint density at radius 2 is 1.26 bits per heavy atom. The van der Waals surface area contributed by atoms with Gasteiger partial charge in [0.2, 0.25) is 0 Å². The molecule has 1 aliphatic carbocycles. The lowest BCUT2D eigenvalue weighted by Gasteiger charge is -2.44. The molecule has 31 heavy (non-hydrogen) atoms. The number of carbonyl (C=O) groups is 2. The van der Waals surface area contributed by atoms with Crippen molar-refractivity contribution in [3.63, 3.8) is 0 Å². The number of carbonyl (C=O) groups excluding carboxylic acids is 2. The summed E-state index contributed by atoms with van der Waals surface area (Å²) >= 11 is 0. The maximum absolute atomic E-state index is 13.8. The predicted octanol–water partition coefficient (Wildman–Crippen LogP) is 4.09. The first kappa shape index (κ1) is 19.9. The van der Waals surface area contributed by atoms with Crippen molar-refractivity contribution in [1.82, 2.24) is 9.80 Å². The van der Waals surface area contributed by atoms with Crippen molar-refractivity contribution in [3.05, 3.63) is 107 Å². The molecule has 3 aromatic carbocycles. The van der Waals surface area contributed by atoms with Crippen LogP contribution < -0.4 is 0 Å². The van der Waals surface area contributed by atoms with E-state index in [1.807, 2.05) is 42.5 Å². The van der Waals surface area contributed by atoms with E-state index in [0.29, 0.717) is 24.2 Å². The van der Waals surface area contributed by atoms with Crippen LogP contribution in [0, 0.1) is 6.92 Å². The van der Waals surface area contributed by atoms with Gasteiger partial charge >= 0.3 is 0 Å². The first-order valence-electron chi connectivity index (χ1n) is 10.9. The molecule has 156 valence electrons. The number of rotatable bonds is 4. The van der Waals surface area contributed by atoms with Crippen molar-refractivity contribution in [2.45, 2.75) is 19.0 Å². The first-order chi connectivity index (χ1) is 15.1. The maximum atomic E-state index is 13.8. The molecule has 0 bridgehead atoms. The minimum Gasteiger partial charge on any atom is -0.297 e. The molecule has 1 aliphatic heterocycles. The molecule has 1 fully saturated rings. The molecule has 0 unspecified atom stereocenters. The quantitative estimate of drug-likeness (QED) is 0.608. The summed E-state index contributed by atoms with van der Waals surface area (Å²) in [4.78, 5) is 32.0. The number of hydrogen-bond donors (Lipinski definition) is 0. The maximum Gasteiger partial charge on any atom is 0.196 e. The lowest BCUT2D eigenvalue weighted by Crippen LogP contribution is -2.60. The third kappa shape index (κ3) is 3.23. The van der Waals surface area contributed by atoms with Crippen LogP contribution in [-0.2, 0) is 12.1 Å². The van der Waals surface area contributed by atoms with Crippen LogP contribution in [0.2, 0.25) is 0 Å². The van der Waals surface area contributed by atoms with E-state index in [0.717, 1.165) is 25.2 Å². The molecule has 0 amide bonds. The molecule has 1 heterocycles. The van der Waals surface area contributed by atoms with Crippen LogP contribution in [0.25, 0.3) is 0 Å². The summed E-state index contributed by atoms with van der Waals surface area (Å²) < 4.78 is 0. The summed E-state index contributed by atoms with van der Waals surface area (Å²) in [5, 5.41) is 0. The molecular weight excluding hydrogens is 384 g/mol. The summed E-state index contributed by atoms with van der Waals surface area (Å²) in [5.74, 6) is -0.183. The third-order valence-corrected chi connectivity index (χ3v) is 6.64. The Balaban J connectivity index is 1.44. The first-order valence-corrected chi connectivity index (χ1v) is 10.9. The molecular formula is C27H26N2O2. The van der Waals surface area contributed by atoms with Crippen LogP contribution in [0.4, 0.5) is 0 Å². The zero-order chi connectivity index (χ0) is 21.4. The number of hydrogen-bond acceptors (Lipinski definition) is 4. The Hall–Kier alpha value is -3.08. The summed E-state index contributed by atoms with van der Waals surface area (Å²) in [7, 11) is 0. The van der Waals surface area contributed by atoms with E-state index in [2.05, 4.69) is 41.0 Å². The SMILES string of the molecule is Cc1ccc(CN2CCN(C3(c4ccccc4)C(=O)c4ccccc4C3=O)CC2)cc1. The molecule has 0 radical (unpaired) electrons. The Morgan fingerprint density at radius 3 is 1.84 bits per heavy atom. The van der Waals surface area contributed by atoms with Crippen molar-refractivity contribution < 1.29 is 9.59 Å². The van der Waals surface area contributed by atoms with E-state index in [1.54, 1.807) is 12.1 Å². The highest BCUT2D eigenvalue weighted by Crippen LogP contribution is 2.42. The molecule has 3 aromatic rings. The number of Topliss-reactive ketones (excluding diaryl/α,β-unsaturated/α-hetero) is 2. The van der Waals surface area contributed by atoms with Gasteiger partial charge in [0.25, 0.3) is 0 Å². The van der Waals surface area contributed by atoms with Crippen LogP contribution in [0.3, 0.4) is 0 Å². The minimum atomic E-state index is -1.25. The molecule has 0 saturated carbocycles. The van der Waals surface area contributed by atoms with Gasteiger partial charge < -0.3 is 0 Å². The second kappa shape index (κ2) is 7.88. The van der Waals surface area contributed by atoms with Gasteiger partial charge in [-0.05, 0) is 18.1 Å². The average Bonchev–Trinajstić information content (AvgIpc) is 3.04. The zero-order valence-corrected chi connectivity index (χ0v) is 17.8. The predicted molar refractivity (Wildman–Crippen MR) is 121 cm³/mol. The van der Waals surface area contributed by atoms with E-state index in [9.17, 15) is 9.59 Å². The topological polar surface area (TPSA) is 40.6 Å². The molecule has 1 saturated heterocycles. The standard InChI is InChI=1S/C27H26N2O2/c1-20-11-13-21(14-12-20)19-28-15-17-29(18-16-28)27(22-7-3-2-4-8-22)25(30)23-9-5-6-10-24(23)26(27)31/h2-14H,15-19H2,1H3. The van der Waals surface area contributed by atoms with Crippen LogP contribution in [0.5, 0.6) is 0 Å². The third-order valence-electron chi connectivity index (χ3n) is 6.64. The van der Waals surface area contributed by atoms with Gasteiger partial charge in [-0.2, -0.15) is 0 Å². The molecule has 0 aromatic heterocycles. The van der Waals surface area contributed by atoms with Gasteiger partial charge in [-0.1, -0.05) is 84.4 Å². The van der Waals surface area contributed by atoms with Gasteiger partial charge in [0.15, 0.2) is 17.1 Å². The van der Waals surface area contributed by atoms with Crippen LogP contribution in [0.1, 0.15) is 37.4 Å². The number of ketones is 2. The number of nitrogens with zero attached hydrogens (tertiary/aromatic N) is 2. The number of aryl methyl sites for hydroxylation is 1. The number of piperazine rings is 1. The largest absolute Gasteiger partial charge is 0.297 e. The smallest absolute Gasteiger partial charge is 0.196 e. The van der Waals surface area contributed by atoms with Gasteiger partial charge in [0.05, 0.1) is 0 Å². The van der Waals surface area contributed by atoms with E-state index in [-0.39, 0.29) is 11.6 Å². The average molecular weight is 411 g/mol. The van der Waals surface area contributed by atoms with Crippen molar-refractivity contribution in [3.8, 4) is 0 Å². The molecule has 5 rings (SSSR count). The van der Waals surface area contributed by atoms with Crippen molar-refractivity contribution in [1.29, 1.82) is 0 Å². The molecule has 4 nitrogen and oxygen atoms in total. The fourth-order valence-corrected chi connectivity index (χ4v) is 4.98. The lowest BCUT2D eigenvalue weighted by atomic mass is 9.82. The number of benzene rings is 3. The minimum absolute atomic E-state index is 0.0914. The Kier molecular flexibility index (Phi) is 5.05. The molecule has 4 heteroatoms. The van der Waals surface area contributed by atoms with E-state index < -0.39 is 5.54 Å². The summed E-state index contributed by atoms with van der Waals surface area (Å²) in [5.41, 5.74) is 3.15. The zero-order valence-electron chi connectivity index (χ0n) is 17.8. The summed E-state index contributed by atoms with van der Waals surface area (Å²) in [6.45, 7) is 5.96. The van der Waals surface area contributed by atoms with Gasteiger partial charge in [0, 0.05) is 43.9 Å². The molecule has 2 aliphatic rings. The second-order valence-corrected chi connectivity index (χ2v) is 8.53. The number of fused-ring (bicyclic) bond motifs is 1. The molecule has 0 atom stereocenters. The fourth-order valence-electron chi connectivity index (χ4n) is 4.98. The normalized spacial score (nSPS) is 18.9. The van der Waals surface area contributed by atoms with E-state index >= 15 is 0 Å². The lowest BCUT2D eigenvalue weighted by molar-refractivity contribution is 0.0279. The van der Waals surface area contributed by atoms with E-state index in [1.165, 1.54) is 11.1 Å². The van der Waals surface area contributed by atoms with Crippen molar-refractivity contribution in [2.24, 2.45) is 0 Å². The van der Waals surface area contributed by atoms with Crippen molar-refractivity contribution >= 4 is 11.6 Å². The van der Waals surface area contributed by atoms with Crippen molar-refractivity contribution in [2.75, 3.05) is 26.2 Å².